The number of hydrogen-bond acceptors (Lipinski definition) is 5. The van der Waals surface area contributed by atoms with Crippen molar-refractivity contribution in [1.29, 1.82) is 0 Å². The maximum Gasteiger partial charge on any atom is 0.407 e. The normalized spacial score (nSPS) is 10.9. The van der Waals surface area contributed by atoms with E-state index in [1.165, 1.54) is 18.0 Å². The van der Waals surface area contributed by atoms with Gasteiger partial charge in [0.25, 0.3) is 0 Å². The summed E-state index contributed by atoms with van der Waals surface area (Å²) in [6.45, 7) is 6.65. The highest BCUT2D eigenvalue weighted by molar-refractivity contribution is 5.89. The highest BCUT2D eigenvalue weighted by atomic mass is 16.6. The first kappa shape index (κ1) is 18.5. The highest BCUT2D eigenvalue weighted by Crippen LogP contribution is 2.14. The number of nitrogens with zero attached hydrogens (tertiary/aromatic N) is 3. The molecule has 9 heteroatoms. The largest absolute Gasteiger partial charge is 0.444 e. The van der Waals surface area contributed by atoms with E-state index >= 15 is 0 Å². The predicted octanol–water partition coefficient (Wildman–Crippen LogP) is 1.40. The van der Waals surface area contributed by atoms with Crippen LogP contribution in [0.25, 0.3) is 0 Å². The summed E-state index contributed by atoms with van der Waals surface area (Å²) in [6, 6.07) is -0.375. The lowest BCUT2D eigenvalue weighted by Crippen LogP contribution is -2.32. The van der Waals surface area contributed by atoms with Gasteiger partial charge in [0.1, 0.15) is 5.60 Å². The highest BCUT2D eigenvalue weighted by Gasteiger charge is 2.19. The number of anilines is 1. The Bertz CT molecular complexity index is 601. The molecule has 0 atom stereocenters. The molecule has 0 aromatic carbocycles. The van der Waals surface area contributed by atoms with Crippen LogP contribution in [-0.2, 0) is 16.1 Å². The quantitative estimate of drug-likeness (QED) is 0.874. The molecule has 0 saturated carbocycles. The van der Waals surface area contributed by atoms with Gasteiger partial charge in [-0.25, -0.2) is 9.59 Å². The average molecular weight is 325 g/mol. The third kappa shape index (κ3) is 5.97. The lowest BCUT2D eigenvalue weighted by atomic mass is 10.2. The van der Waals surface area contributed by atoms with Gasteiger partial charge >= 0.3 is 12.1 Å². The van der Waals surface area contributed by atoms with Gasteiger partial charge in [-0.1, -0.05) is 0 Å². The molecule has 0 aliphatic carbocycles. The van der Waals surface area contributed by atoms with E-state index < -0.39 is 11.7 Å². The lowest BCUT2D eigenvalue weighted by molar-refractivity contribution is -0.114. The molecule has 1 rings (SSSR count). The molecule has 9 nitrogen and oxygen atoms in total. The van der Waals surface area contributed by atoms with Crippen LogP contribution in [0.15, 0.2) is 6.20 Å². The summed E-state index contributed by atoms with van der Waals surface area (Å²) >= 11 is 0. The van der Waals surface area contributed by atoms with Crippen molar-refractivity contribution in [3.05, 3.63) is 11.8 Å². The second-order valence-corrected chi connectivity index (χ2v) is 6.16. The van der Waals surface area contributed by atoms with E-state index in [0.29, 0.717) is 5.56 Å². The number of aromatic nitrogens is 2. The molecule has 23 heavy (non-hydrogen) atoms. The SMILES string of the molecule is CC(=O)Nc1nn(C(=O)N(C)C)cc1CNC(=O)OC(C)(C)C. The number of alkyl carbamates (subject to hydrolysis) is 1. The zero-order chi connectivity index (χ0) is 17.8. The number of carbonyl (C=O) groups is 3. The molecule has 2 N–H and O–H groups in total. The van der Waals surface area contributed by atoms with Gasteiger partial charge in [0, 0.05) is 32.8 Å². The van der Waals surface area contributed by atoms with Crippen LogP contribution in [0.3, 0.4) is 0 Å². The van der Waals surface area contributed by atoms with E-state index in [9.17, 15) is 14.4 Å². The number of rotatable bonds is 3. The molecule has 0 aliphatic rings. The number of hydrogen-bond donors (Lipinski definition) is 2. The molecule has 0 fully saturated rings. The van der Waals surface area contributed by atoms with Gasteiger partial charge in [-0.2, -0.15) is 4.68 Å². The molecule has 0 aliphatic heterocycles. The minimum atomic E-state index is -0.615. The molecule has 3 amide bonds. The molecule has 0 unspecified atom stereocenters. The van der Waals surface area contributed by atoms with Crippen molar-refractivity contribution in [1.82, 2.24) is 20.0 Å². The molecular formula is C14H23N5O4. The Morgan fingerprint density at radius 3 is 2.39 bits per heavy atom. The van der Waals surface area contributed by atoms with Crippen molar-refractivity contribution in [2.45, 2.75) is 39.8 Å². The Balaban J connectivity index is 2.88. The van der Waals surface area contributed by atoms with Crippen LogP contribution in [0.2, 0.25) is 0 Å². The molecule has 128 valence electrons. The van der Waals surface area contributed by atoms with Crippen molar-refractivity contribution in [3.63, 3.8) is 0 Å². The number of nitrogens with one attached hydrogen (secondary N) is 2. The van der Waals surface area contributed by atoms with Crippen LogP contribution in [0, 0.1) is 0 Å². The first-order valence-electron chi connectivity index (χ1n) is 7.04. The van der Waals surface area contributed by atoms with Gasteiger partial charge in [0.05, 0.1) is 6.54 Å². The standard InChI is InChI=1S/C14H23N5O4/c1-9(20)16-11-10(7-15-12(21)23-14(2,3)4)8-19(17-11)13(22)18(5)6/h8H,7H2,1-6H3,(H,15,21)(H,16,17,20). The average Bonchev–Trinajstić information content (AvgIpc) is 2.75. The number of amides is 3. The van der Waals surface area contributed by atoms with Gasteiger partial charge in [-0.05, 0) is 20.8 Å². The topological polar surface area (TPSA) is 106 Å². The minimum absolute atomic E-state index is 0.0607. The Hall–Kier alpha value is -2.58. The van der Waals surface area contributed by atoms with Crippen molar-refractivity contribution in [2.75, 3.05) is 19.4 Å². The summed E-state index contributed by atoms with van der Waals surface area (Å²) < 4.78 is 6.23. The Morgan fingerprint density at radius 2 is 1.91 bits per heavy atom. The van der Waals surface area contributed by atoms with Gasteiger partial charge in [-0.15, -0.1) is 5.10 Å². The van der Waals surface area contributed by atoms with Crippen LogP contribution in [0.4, 0.5) is 15.4 Å². The molecule has 1 aromatic heterocycles. The maximum absolute atomic E-state index is 11.9. The predicted molar refractivity (Wildman–Crippen MR) is 84.1 cm³/mol. The fourth-order valence-electron chi connectivity index (χ4n) is 1.60. The van der Waals surface area contributed by atoms with E-state index in [-0.39, 0.29) is 24.3 Å². The second kappa shape index (κ2) is 7.12. The Labute approximate surface area is 135 Å². The van der Waals surface area contributed by atoms with Crippen molar-refractivity contribution >= 4 is 23.8 Å². The van der Waals surface area contributed by atoms with Crippen LogP contribution in [-0.4, -0.2) is 52.4 Å². The summed E-state index contributed by atoms with van der Waals surface area (Å²) in [5, 5.41) is 9.11. The van der Waals surface area contributed by atoms with Crippen LogP contribution in [0.1, 0.15) is 33.3 Å². The first-order valence-corrected chi connectivity index (χ1v) is 7.04. The van der Waals surface area contributed by atoms with Crippen molar-refractivity contribution in [2.24, 2.45) is 0 Å². The number of carbonyl (C=O) groups excluding carboxylic acids is 3. The third-order valence-corrected chi connectivity index (χ3v) is 2.49. The molecule has 0 spiro atoms. The van der Waals surface area contributed by atoms with E-state index in [4.69, 9.17) is 4.74 Å². The second-order valence-electron chi connectivity index (χ2n) is 6.16. The van der Waals surface area contributed by atoms with Crippen LogP contribution in [0.5, 0.6) is 0 Å². The zero-order valence-corrected chi connectivity index (χ0v) is 14.3. The fourth-order valence-corrected chi connectivity index (χ4v) is 1.60. The van der Waals surface area contributed by atoms with Gasteiger partial charge in [0.15, 0.2) is 5.82 Å². The van der Waals surface area contributed by atoms with Crippen molar-refractivity contribution in [3.8, 4) is 0 Å². The fraction of sp³-hybridized carbons (Fsp3) is 0.571. The Morgan fingerprint density at radius 1 is 1.30 bits per heavy atom. The van der Waals surface area contributed by atoms with Gasteiger partial charge in [-0.3, -0.25) is 4.79 Å². The molecule has 0 radical (unpaired) electrons. The molecule has 1 heterocycles. The zero-order valence-electron chi connectivity index (χ0n) is 14.3. The smallest absolute Gasteiger partial charge is 0.407 e. The van der Waals surface area contributed by atoms with E-state index in [1.54, 1.807) is 34.9 Å². The van der Waals surface area contributed by atoms with E-state index in [1.807, 2.05) is 0 Å². The van der Waals surface area contributed by atoms with Crippen LogP contribution >= 0.6 is 0 Å². The molecule has 0 bridgehead atoms. The molecule has 0 saturated heterocycles. The Kier molecular flexibility index (Phi) is 5.72. The lowest BCUT2D eigenvalue weighted by Gasteiger charge is -2.19. The third-order valence-electron chi connectivity index (χ3n) is 2.49. The summed E-state index contributed by atoms with van der Waals surface area (Å²) in [5.41, 5.74) is -0.128. The van der Waals surface area contributed by atoms with Gasteiger partial charge < -0.3 is 20.3 Å². The summed E-state index contributed by atoms with van der Waals surface area (Å²) in [7, 11) is 3.17. The summed E-state index contributed by atoms with van der Waals surface area (Å²) in [5.74, 6) is -0.116. The van der Waals surface area contributed by atoms with E-state index in [0.717, 1.165) is 4.68 Å². The maximum atomic E-state index is 11.9. The molecule has 1 aromatic rings. The van der Waals surface area contributed by atoms with Gasteiger partial charge in [0.2, 0.25) is 5.91 Å². The van der Waals surface area contributed by atoms with Crippen LogP contribution < -0.4 is 10.6 Å². The summed E-state index contributed by atoms with van der Waals surface area (Å²) in [6.07, 6.45) is 0.850. The first-order chi connectivity index (χ1) is 10.5. The van der Waals surface area contributed by atoms with E-state index in [2.05, 4.69) is 15.7 Å². The summed E-state index contributed by atoms with van der Waals surface area (Å²) in [4.78, 5) is 36.2. The molecular weight excluding hydrogens is 302 g/mol. The monoisotopic (exact) mass is 325 g/mol. The number of ether oxygens (including phenoxy) is 1. The van der Waals surface area contributed by atoms with Crippen molar-refractivity contribution < 1.29 is 19.1 Å². The minimum Gasteiger partial charge on any atom is -0.444 e.